The Bertz CT molecular complexity index is 836. The molecule has 2 heterocycles. The average molecular weight is 350 g/mol. The molecule has 0 aliphatic carbocycles. The fraction of sp³-hybridized carbons (Fsp3) is 0.368. The van der Waals surface area contributed by atoms with Gasteiger partial charge in [0.05, 0.1) is 11.6 Å². The molecule has 1 saturated heterocycles. The van der Waals surface area contributed by atoms with Gasteiger partial charge in [-0.1, -0.05) is 13.0 Å². The molecule has 0 spiro atoms. The molecule has 0 atom stereocenters. The number of hydrogen-bond donors (Lipinski definition) is 1. The zero-order valence-electron chi connectivity index (χ0n) is 15.1. The van der Waals surface area contributed by atoms with Gasteiger partial charge in [0.1, 0.15) is 17.3 Å². The second-order valence-corrected chi connectivity index (χ2v) is 6.23. The molecule has 0 unspecified atom stereocenters. The average Bonchev–Trinajstić information content (AvgIpc) is 2.67. The zero-order chi connectivity index (χ0) is 18.5. The number of nitrogens with zero attached hydrogens (tertiary/aromatic N) is 5. The van der Waals surface area contributed by atoms with Gasteiger partial charge in [-0.05, 0) is 31.7 Å². The van der Waals surface area contributed by atoms with Gasteiger partial charge in [-0.3, -0.25) is 4.79 Å². The van der Waals surface area contributed by atoms with Crippen LogP contribution in [0.15, 0.2) is 30.3 Å². The van der Waals surface area contributed by atoms with Crippen molar-refractivity contribution in [2.45, 2.75) is 13.8 Å². The molecule has 0 radical (unpaired) electrons. The lowest BCUT2D eigenvalue weighted by Crippen LogP contribution is -2.46. The number of rotatable bonds is 4. The molecule has 2 aromatic rings. The van der Waals surface area contributed by atoms with E-state index in [1.54, 1.807) is 37.3 Å². The van der Waals surface area contributed by atoms with Crippen molar-refractivity contribution in [3.63, 3.8) is 0 Å². The van der Waals surface area contributed by atoms with Crippen molar-refractivity contribution < 1.29 is 4.79 Å². The third-order valence-electron chi connectivity index (χ3n) is 4.45. The van der Waals surface area contributed by atoms with Gasteiger partial charge in [0, 0.05) is 37.9 Å². The van der Waals surface area contributed by atoms with Crippen LogP contribution < -0.4 is 10.2 Å². The molecular formula is C19H22N6O. The van der Waals surface area contributed by atoms with Crippen molar-refractivity contribution in [3.8, 4) is 6.07 Å². The lowest BCUT2D eigenvalue weighted by Gasteiger charge is -2.34. The Balaban J connectivity index is 1.76. The van der Waals surface area contributed by atoms with E-state index in [9.17, 15) is 4.79 Å². The molecule has 0 bridgehead atoms. The van der Waals surface area contributed by atoms with Crippen LogP contribution in [0.2, 0.25) is 0 Å². The molecule has 134 valence electrons. The van der Waals surface area contributed by atoms with Gasteiger partial charge in [0.15, 0.2) is 0 Å². The first-order chi connectivity index (χ1) is 12.6. The monoisotopic (exact) mass is 350 g/mol. The zero-order valence-corrected chi connectivity index (χ0v) is 15.1. The summed E-state index contributed by atoms with van der Waals surface area (Å²) < 4.78 is 0. The van der Waals surface area contributed by atoms with E-state index >= 15 is 0 Å². The third kappa shape index (κ3) is 4.16. The molecule has 1 fully saturated rings. The summed E-state index contributed by atoms with van der Waals surface area (Å²) in [5.41, 5.74) is 1.40. The molecule has 26 heavy (non-hydrogen) atoms. The highest BCUT2D eigenvalue weighted by Gasteiger charge is 2.19. The van der Waals surface area contributed by atoms with Crippen molar-refractivity contribution in [1.29, 1.82) is 5.26 Å². The summed E-state index contributed by atoms with van der Waals surface area (Å²) in [4.78, 5) is 25.9. The second kappa shape index (κ2) is 7.93. The summed E-state index contributed by atoms with van der Waals surface area (Å²) in [6.07, 6.45) is 0. The van der Waals surface area contributed by atoms with Gasteiger partial charge in [0.25, 0.3) is 5.91 Å². The summed E-state index contributed by atoms with van der Waals surface area (Å²) in [6.45, 7) is 8.74. The van der Waals surface area contributed by atoms with E-state index in [0.717, 1.165) is 38.5 Å². The molecule has 3 rings (SSSR count). The topological polar surface area (TPSA) is 85.1 Å². The number of nitrogens with one attached hydrogen (secondary N) is 1. The Morgan fingerprint density at radius 1 is 1.23 bits per heavy atom. The van der Waals surface area contributed by atoms with Crippen LogP contribution in [-0.4, -0.2) is 53.5 Å². The molecule has 1 aliphatic rings. The molecule has 7 heteroatoms. The highest BCUT2D eigenvalue weighted by molar-refractivity contribution is 6.03. The van der Waals surface area contributed by atoms with Crippen LogP contribution in [-0.2, 0) is 0 Å². The maximum Gasteiger partial charge on any atom is 0.274 e. The highest BCUT2D eigenvalue weighted by Crippen LogP contribution is 2.17. The Morgan fingerprint density at radius 3 is 2.69 bits per heavy atom. The van der Waals surface area contributed by atoms with Gasteiger partial charge in [-0.25, -0.2) is 9.97 Å². The van der Waals surface area contributed by atoms with Crippen LogP contribution in [0.5, 0.6) is 0 Å². The predicted octanol–water partition coefficient (Wildman–Crippen LogP) is 2.05. The van der Waals surface area contributed by atoms with E-state index in [0.29, 0.717) is 22.8 Å². The van der Waals surface area contributed by atoms with E-state index in [4.69, 9.17) is 5.26 Å². The maximum atomic E-state index is 12.6. The summed E-state index contributed by atoms with van der Waals surface area (Å²) >= 11 is 0. The number of carbonyl (C=O) groups excluding carboxylic acids is 1. The van der Waals surface area contributed by atoms with Crippen molar-refractivity contribution in [2.75, 3.05) is 42.9 Å². The van der Waals surface area contributed by atoms with Gasteiger partial charge in [-0.15, -0.1) is 0 Å². The first-order valence-electron chi connectivity index (χ1n) is 8.73. The van der Waals surface area contributed by atoms with Gasteiger partial charge in [-0.2, -0.15) is 5.26 Å². The first-order valence-corrected chi connectivity index (χ1v) is 8.73. The van der Waals surface area contributed by atoms with Crippen LogP contribution in [0.1, 0.15) is 28.8 Å². The number of benzene rings is 1. The molecule has 7 nitrogen and oxygen atoms in total. The number of likely N-dealkylation sites (N-methyl/N-ethyl adjacent to an activating group) is 1. The predicted molar refractivity (Wildman–Crippen MR) is 100 cm³/mol. The van der Waals surface area contributed by atoms with Crippen LogP contribution in [0.25, 0.3) is 0 Å². The third-order valence-corrected chi connectivity index (χ3v) is 4.45. The van der Waals surface area contributed by atoms with Gasteiger partial charge in [0.2, 0.25) is 0 Å². The van der Waals surface area contributed by atoms with E-state index in [2.05, 4.69) is 38.1 Å². The van der Waals surface area contributed by atoms with E-state index in [1.165, 1.54) is 0 Å². The number of piperazine rings is 1. The molecule has 0 saturated carbocycles. The maximum absolute atomic E-state index is 12.6. The number of aromatic nitrogens is 2. The van der Waals surface area contributed by atoms with Crippen LogP contribution in [0.3, 0.4) is 0 Å². The standard InChI is InChI=1S/C19H22N6O/c1-3-24-7-9-25(10-8-24)18-12-17(21-14(2)22-18)19(26)23-16-6-4-5-15(11-16)13-20/h4-6,11-12H,3,7-10H2,1-2H3,(H,23,26). The SMILES string of the molecule is CCN1CCN(c2cc(C(=O)Nc3cccc(C#N)c3)nc(C)n2)CC1. The first kappa shape index (κ1) is 17.8. The van der Waals surface area contributed by atoms with Crippen LogP contribution in [0.4, 0.5) is 11.5 Å². The fourth-order valence-electron chi connectivity index (χ4n) is 2.99. The Labute approximate surface area is 153 Å². The molecular weight excluding hydrogens is 328 g/mol. The normalized spacial score (nSPS) is 14.7. The minimum atomic E-state index is -0.306. The summed E-state index contributed by atoms with van der Waals surface area (Å²) in [5, 5.41) is 11.8. The number of aryl methyl sites for hydroxylation is 1. The Hall–Kier alpha value is -2.98. The summed E-state index contributed by atoms with van der Waals surface area (Å²) in [7, 11) is 0. The molecule has 1 amide bonds. The van der Waals surface area contributed by atoms with Crippen LogP contribution in [0, 0.1) is 18.3 Å². The highest BCUT2D eigenvalue weighted by atomic mass is 16.1. The number of amides is 1. The quantitative estimate of drug-likeness (QED) is 0.908. The van der Waals surface area contributed by atoms with Crippen molar-refractivity contribution >= 4 is 17.4 Å². The summed E-state index contributed by atoms with van der Waals surface area (Å²) in [5.74, 6) is 1.04. The number of anilines is 2. The number of hydrogen-bond acceptors (Lipinski definition) is 6. The smallest absolute Gasteiger partial charge is 0.274 e. The number of carbonyl (C=O) groups is 1. The number of nitriles is 1. The Morgan fingerprint density at radius 2 is 2.00 bits per heavy atom. The van der Waals surface area contributed by atoms with Gasteiger partial charge >= 0.3 is 0 Å². The minimum Gasteiger partial charge on any atom is -0.354 e. The minimum absolute atomic E-state index is 0.306. The van der Waals surface area contributed by atoms with Crippen molar-refractivity contribution in [2.24, 2.45) is 0 Å². The van der Waals surface area contributed by atoms with Gasteiger partial charge < -0.3 is 15.1 Å². The van der Waals surface area contributed by atoms with E-state index < -0.39 is 0 Å². The lowest BCUT2D eigenvalue weighted by molar-refractivity contribution is 0.102. The second-order valence-electron chi connectivity index (χ2n) is 6.23. The van der Waals surface area contributed by atoms with E-state index in [-0.39, 0.29) is 5.91 Å². The largest absolute Gasteiger partial charge is 0.354 e. The molecule has 1 aromatic heterocycles. The fourth-order valence-corrected chi connectivity index (χ4v) is 2.99. The summed E-state index contributed by atoms with van der Waals surface area (Å²) in [6, 6.07) is 10.6. The Kier molecular flexibility index (Phi) is 5.44. The molecule has 1 aliphatic heterocycles. The van der Waals surface area contributed by atoms with E-state index in [1.807, 2.05) is 0 Å². The van der Waals surface area contributed by atoms with Crippen molar-refractivity contribution in [3.05, 3.63) is 47.4 Å². The van der Waals surface area contributed by atoms with Crippen LogP contribution >= 0.6 is 0 Å². The van der Waals surface area contributed by atoms with Crippen molar-refractivity contribution in [1.82, 2.24) is 14.9 Å². The molecule has 1 N–H and O–H groups in total. The molecule has 1 aromatic carbocycles. The lowest BCUT2D eigenvalue weighted by atomic mass is 10.2.